The van der Waals surface area contributed by atoms with E-state index in [-0.39, 0.29) is 5.82 Å². The average Bonchev–Trinajstić information content (AvgIpc) is 2.24. The molecule has 0 spiro atoms. The van der Waals surface area contributed by atoms with E-state index in [0.717, 1.165) is 4.90 Å². The van der Waals surface area contributed by atoms with E-state index in [9.17, 15) is 4.39 Å². The summed E-state index contributed by atoms with van der Waals surface area (Å²) in [4.78, 5) is 5.26. The summed E-state index contributed by atoms with van der Waals surface area (Å²) in [6, 6.07) is 8.38. The van der Waals surface area contributed by atoms with E-state index in [0.29, 0.717) is 10.6 Å². The zero-order chi connectivity index (χ0) is 10.7. The van der Waals surface area contributed by atoms with Crippen LogP contribution < -0.4 is 5.73 Å². The molecule has 0 saturated heterocycles. The van der Waals surface area contributed by atoms with Gasteiger partial charge in [0.05, 0.1) is 11.9 Å². The summed E-state index contributed by atoms with van der Waals surface area (Å²) in [6.45, 7) is 0. The quantitative estimate of drug-likeness (QED) is 0.845. The molecule has 0 bridgehead atoms. The maximum absolute atomic E-state index is 13.3. The zero-order valence-electron chi connectivity index (χ0n) is 7.85. The van der Waals surface area contributed by atoms with Crippen molar-refractivity contribution < 1.29 is 4.39 Å². The molecule has 0 aliphatic carbocycles. The first-order valence-corrected chi connectivity index (χ1v) is 5.21. The van der Waals surface area contributed by atoms with E-state index in [2.05, 4.69) is 4.98 Å². The normalized spacial score (nSPS) is 10.2. The van der Waals surface area contributed by atoms with Crippen LogP contribution in [0.25, 0.3) is 0 Å². The lowest BCUT2D eigenvalue weighted by atomic mass is 10.3. The van der Waals surface area contributed by atoms with Gasteiger partial charge < -0.3 is 5.73 Å². The number of nitrogens with zero attached hydrogens (tertiary/aromatic N) is 1. The summed E-state index contributed by atoms with van der Waals surface area (Å²) in [7, 11) is 0. The van der Waals surface area contributed by atoms with E-state index < -0.39 is 0 Å². The number of nitrogens with two attached hydrogens (primary N) is 1. The Morgan fingerprint density at radius 2 is 1.93 bits per heavy atom. The van der Waals surface area contributed by atoms with Crippen LogP contribution in [0.2, 0.25) is 0 Å². The fraction of sp³-hybridized carbons (Fsp3) is 0. The molecule has 0 saturated carbocycles. The zero-order valence-corrected chi connectivity index (χ0v) is 8.67. The molecular formula is C11H9FN2S. The van der Waals surface area contributed by atoms with Crippen molar-refractivity contribution in [2.75, 3.05) is 5.73 Å². The third-order valence-electron chi connectivity index (χ3n) is 1.87. The number of halogens is 1. The number of pyridine rings is 1. The van der Waals surface area contributed by atoms with Crippen LogP contribution in [0.1, 0.15) is 0 Å². The van der Waals surface area contributed by atoms with E-state index in [1.54, 1.807) is 36.7 Å². The first-order valence-electron chi connectivity index (χ1n) is 4.39. The van der Waals surface area contributed by atoms with Gasteiger partial charge in [0.25, 0.3) is 0 Å². The predicted octanol–water partition coefficient (Wildman–Crippen LogP) is 2.95. The molecule has 2 N–H and O–H groups in total. The molecule has 0 unspecified atom stereocenters. The minimum atomic E-state index is -0.237. The van der Waals surface area contributed by atoms with E-state index in [4.69, 9.17) is 5.73 Å². The van der Waals surface area contributed by atoms with Gasteiger partial charge in [-0.3, -0.25) is 4.98 Å². The second-order valence-electron chi connectivity index (χ2n) is 2.95. The fourth-order valence-electron chi connectivity index (χ4n) is 1.13. The van der Waals surface area contributed by atoms with Crippen LogP contribution in [0.5, 0.6) is 0 Å². The molecule has 0 fully saturated rings. The first kappa shape index (κ1) is 9.98. The number of aromatic nitrogens is 1. The lowest BCUT2D eigenvalue weighted by Gasteiger charge is -2.04. The Kier molecular flexibility index (Phi) is 2.87. The highest BCUT2D eigenvalue weighted by Crippen LogP contribution is 2.32. The summed E-state index contributed by atoms with van der Waals surface area (Å²) in [5.41, 5.74) is 6.27. The summed E-state index contributed by atoms with van der Waals surface area (Å²) >= 11 is 1.30. The van der Waals surface area contributed by atoms with Crippen molar-refractivity contribution in [1.82, 2.24) is 4.98 Å². The molecule has 0 atom stereocenters. The highest BCUT2D eigenvalue weighted by atomic mass is 32.2. The summed E-state index contributed by atoms with van der Waals surface area (Å²) in [6.07, 6.45) is 3.20. The number of hydrogen-bond acceptors (Lipinski definition) is 3. The molecule has 1 aromatic carbocycles. The third kappa shape index (κ3) is 2.27. The number of anilines is 1. The van der Waals surface area contributed by atoms with E-state index in [1.807, 2.05) is 0 Å². The Balaban J connectivity index is 2.30. The molecule has 0 amide bonds. The van der Waals surface area contributed by atoms with Gasteiger partial charge in [-0.1, -0.05) is 23.9 Å². The van der Waals surface area contributed by atoms with Crippen LogP contribution in [0, 0.1) is 5.82 Å². The van der Waals surface area contributed by atoms with Gasteiger partial charge in [-0.15, -0.1) is 0 Å². The van der Waals surface area contributed by atoms with Crippen molar-refractivity contribution in [1.29, 1.82) is 0 Å². The monoisotopic (exact) mass is 220 g/mol. The Labute approximate surface area is 91.3 Å². The molecule has 0 radical (unpaired) electrons. The maximum Gasteiger partial charge on any atom is 0.137 e. The highest BCUT2D eigenvalue weighted by Gasteiger charge is 2.05. The van der Waals surface area contributed by atoms with Gasteiger partial charge in [-0.05, 0) is 18.2 Å². The second kappa shape index (κ2) is 4.31. The Hall–Kier alpha value is -1.55. The molecule has 76 valence electrons. The van der Waals surface area contributed by atoms with Crippen molar-refractivity contribution in [3.63, 3.8) is 0 Å². The van der Waals surface area contributed by atoms with Crippen molar-refractivity contribution in [2.24, 2.45) is 0 Å². The molecule has 1 aromatic heterocycles. The number of nitrogen functional groups attached to an aromatic ring is 1. The van der Waals surface area contributed by atoms with Crippen molar-refractivity contribution >= 4 is 17.4 Å². The van der Waals surface area contributed by atoms with Gasteiger partial charge in [0.2, 0.25) is 0 Å². The SMILES string of the molecule is Nc1cnccc1Sc1ccccc1F. The molecule has 4 heteroatoms. The largest absolute Gasteiger partial charge is 0.397 e. The minimum Gasteiger partial charge on any atom is -0.397 e. The molecule has 15 heavy (non-hydrogen) atoms. The van der Waals surface area contributed by atoms with Crippen LogP contribution in [-0.2, 0) is 0 Å². The highest BCUT2D eigenvalue weighted by molar-refractivity contribution is 7.99. The van der Waals surface area contributed by atoms with Gasteiger partial charge in [0, 0.05) is 16.0 Å². The van der Waals surface area contributed by atoms with Crippen molar-refractivity contribution in [3.8, 4) is 0 Å². The number of benzene rings is 1. The molecule has 0 aliphatic rings. The third-order valence-corrected chi connectivity index (χ3v) is 3.01. The van der Waals surface area contributed by atoms with Crippen molar-refractivity contribution in [3.05, 3.63) is 48.5 Å². The van der Waals surface area contributed by atoms with E-state index >= 15 is 0 Å². The van der Waals surface area contributed by atoms with Crippen LogP contribution >= 0.6 is 11.8 Å². The van der Waals surface area contributed by atoms with Gasteiger partial charge in [-0.25, -0.2) is 4.39 Å². The molecular weight excluding hydrogens is 211 g/mol. The minimum absolute atomic E-state index is 0.237. The molecule has 2 rings (SSSR count). The number of rotatable bonds is 2. The van der Waals surface area contributed by atoms with Gasteiger partial charge in [-0.2, -0.15) is 0 Å². The summed E-state index contributed by atoms with van der Waals surface area (Å²) in [5.74, 6) is -0.237. The van der Waals surface area contributed by atoms with Gasteiger partial charge in [0.1, 0.15) is 5.82 Å². The first-order chi connectivity index (χ1) is 7.27. The van der Waals surface area contributed by atoms with Crippen molar-refractivity contribution in [2.45, 2.75) is 9.79 Å². The van der Waals surface area contributed by atoms with Crippen LogP contribution in [0.3, 0.4) is 0 Å². The average molecular weight is 220 g/mol. The lowest BCUT2D eigenvalue weighted by molar-refractivity contribution is 0.602. The fourth-order valence-corrected chi connectivity index (χ4v) is 1.98. The van der Waals surface area contributed by atoms with E-state index in [1.165, 1.54) is 17.8 Å². The summed E-state index contributed by atoms with van der Waals surface area (Å²) < 4.78 is 13.3. The Morgan fingerprint density at radius 3 is 2.67 bits per heavy atom. The Bertz CT molecular complexity index is 430. The predicted molar refractivity (Wildman–Crippen MR) is 59.2 cm³/mol. The standard InChI is InChI=1S/C11H9FN2S/c12-8-3-1-2-4-10(8)15-11-5-6-14-7-9(11)13/h1-7H,13H2. The molecule has 2 aromatic rings. The Morgan fingerprint density at radius 1 is 1.13 bits per heavy atom. The molecule has 2 nitrogen and oxygen atoms in total. The van der Waals surface area contributed by atoms with Crippen LogP contribution in [0.4, 0.5) is 10.1 Å². The maximum atomic E-state index is 13.3. The smallest absolute Gasteiger partial charge is 0.137 e. The molecule has 0 aliphatic heterocycles. The van der Waals surface area contributed by atoms with Gasteiger partial charge >= 0.3 is 0 Å². The number of hydrogen-bond donors (Lipinski definition) is 1. The topological polar surface area (TPSA) is 38.9 Å². The second-order valence-corrected chi connectivity index (χ2v) is 4.03. The van der Waals surface area contributed by atoms with Crippen LogP contribution in [0.15, 0.2) is 52.5 Å². The van der Waals surface area contributed by atoms with Gasteiger partial charge in [0.15, 0.2) is 0 Å². The van der Waals surface area contributed by atoms with Crippen LogP contribution in [-0.4, -0.2) is 4.98 Å². The molecule has 1 heterocycles. The lowest BCUT2D eigenvalue weighted by Crippen LogP contribution is -1.89. The summed E-state index contributed by atoms with van der Waals surface area (Å²) in [5, 5.41) is 0.